The number of rotatable bonds is 6. The van der Waals surface area contributed by atoms with Crippen LogP contribution in [0.5, 0.6) is 5.75 Å². The van der Waals surface area contributed by atoms with Crippen LogP contribution in [0.25, 0.3) is 0 Å². The molecule has 0 aliphatic heterocycles. The number of carbonyl (C=O) groups excluding carboxylic acids is 1. The highest BCUT2D eigenvalue weighted by Gasteiger charge is 2.19. The van der Waals surface area contributed by atoms with Gasteiger partial charge in [0, 0.05) is 6.04 Å². The molecule has 1 N–H and O–H groups in total. The van der Waals surface area contributed by atoms with E-state index in [-0.39, 0.29) is 18.1 Å². The Morgan fingerprint density at radius 3 is 2.33 bits per heavy atom. The van der Waals surface area contributed by atoms with Gasteiger partial charge in [0.25, 0.3) is 0 Å². The summed E-state index contributed by atoms with van der Waals surface area (Å²) in [5.74, 6) is 0.601. The number of ether oxygens (including phenoxy) is 2. The van der Waals surface area contributed by atoms with Crippen molar-refractivity contribution in [3.8, 4) is 5.75 Å². The number of esters is 1. The molecule has 1 aromatic rings. The number of benzene rings is 1. The molecule has 4 nitrogen and oxygen atoms in total. The molecule has 0 radical (unpaired) electrons. The molecule has 1 unspecified atom stereocenters. The zero-order valence-electron chi connectivity index (χ0n) is 11.4. The summed E-state index contributed by atoms with van der Waals surface area (Å²) in [5.41, 5.74) is 1.11. The highest BCUT2D eigenvalue weighted by molar-refractivity contribution is 5.75. The predicted octanol–water partition coefficient (Wildman–Crippen LogP) is 2.30. The molecule has 0 saturated carbocycles. The van der Waals surface area contributed by atoms with Crippen LogP contribution in [0.3, 0.4) is 0 Å². The van der Waals surface area contributed by atoms with Gasteiger partial charge in [-0.25, -0.2) is 0 Å². The summed E-state index contributed by atoms with van der Waals surface area (Å²) in [6.07, 6.45) is 0.702. The van der Waals surface area contributed by atoms with Gasteiger partial charge in [0.15, 0.2) is 0 Å². The maximum atomic E-state index is 11.5. The van der Waals surface area contributed by atoms with Crippen molar-refractivity contribution in [1.82, 2.24) is 5.32 Å². The number of hydrogen-bond donors (Lipinski definition) is 1. The number of carbonyl (C=O) groups is 1. The first-order valence-corrected chi connectivity index (χ1v) is 6.10. The van der Waals surface area contributed by atoms with E-state index in [0.29, 0.717) is 6.42 Å². The van der Waals surface area contributed by atoms with Crippen molar-refractivity contribution in [2.24, 2.45) is 0 Å². The molecule has 0 bridgehead atoms. The highest BCUT2D eigenvalue weighted by atomic mass is 16.5. The maximum absolute atomic E-state index is 11.5. The molecule has 2 atom stereocenters. The van der Waals surface area contributed by atoms with E-state index in [4.69, 9.17) is 9.47 Å². The smallest absolute Gasteiger partial charge is 0.322 e. The predicted molar refractivity (Wildman–Crippen MR) is 70.6 cm³/mol. The lowest BCUT2D eigenvalue weighted by Crippen LogP contribution is -2.38. The second-order valence-corrected chi connectivity index (χ2v) is 4.15. The zero-order valence-corrected chi connectivity index (χ0v) is 11.4. The molecule has 4 heteroatoms. The topological polar surface area (TPSA) is 47.6 Å². The molecule has 0 amide bonds. The van der Waals surface area contributed by atoms with Gasteiger partial charge in [0.1, 0.15) is 11.8 Å². The first kappa shape index (κ1) is 14.5. The molecule has 0 saturated heterocycles. The lowest BCUT2D eigenvalue weighted by atomic mass is 10.1. The van der Waals surface area contributed by atoms with E-state index >= 15 is 0 Å². The van der Waals surface area contributed by atoms with Gasteiger partial charge in [-0.3, -0.25) is 10.1 Å². The van der Waals surface area contributed by atoms with Gasteiger partial charge < -0.3 is 9.47 Å². The number of nitrogens with one attached hydrogen (secondary N) is 1. The molecule has 0 aromatic heterocycles. The molecule has 0 aliphatic rings. The monoisotopic (exact) mass is 251 g/mol. The second-order valence-electron chi connectivity index (χ2n) is 4.15. The van der Waals surface area contributed by atoms with Crippen molar-refractivity contribution in [2.45, 2.75) is 32.4 Å². The summed E-state index contributed by atoms with van der Waals surface area (Å²) in [6, 6.07) is 7.60. The van der Waals surface area contributed by atoms with Crippen LogP contribution < -0.4 is 10.1 Å². The van der Waals surface area contributed by atoms with E-state index in [0.717, 1.165) is 11.3 Å². The average molecular weight is 251 g/mol. The molecule has 0 aliphatic carbocycles. The summed E-state index contributed by atoms with van der Waals surface area (Å²) in [6.45, 7) is 3.97. The molecular formula is C14H21NO3. The van der Waals surface area contributed by atoms with Gasteiger partial charge in [-0.2, -0.15) is 0 Å². The summed E-state index contributed by atoms with van der Waals surface area (Å²) in [4.78, 5) is 11.5. The lowest BCUT2D eigenvalue weighted by molar-refractivity contribution is -0.143. The zero-order chi connectivity index (χ0) is 13.5. The third-order valence-corrected chi connectivity index (χ3v) is 2.96. The van der Waals surface area contributed by atoms with E-state index in [9.17, 15) is 4.79 Å². The minimum atomic E-state index is -0.271. The molecule has 0 fully saturated rings. The van der Waals surface area contributed by atoms with Crippen LogP contribution in [-0.2, 0) is 9.53 Å². The van der Waals surface area contributed by atoms with Gasteiger partial charge in [-0.15, -0.1) is 0 Å². The normalized spacial score (nSPS) is 13.8. The molecule has 100 valence electrons. The van der Waals surface area contributed by atoms with Crippen molar-refractivity contribution in [1.29, 1.82) is 0 Å². The minimum Gasteiger partial charge on any atom is -0.497 e. The van der Waals surface area contributed by atoms with Crippen molar-refractivity contribution in [3.05, 3.63) is 29.8 Å². The van der Waals surface area contributed by atoms with E-state index in [2.05, 4.69) is 5.32 Å². The average Bonchev–Trinajstić information content (AvgIpc) is 2.43. The first-order chi connectivity index (χ1) is 8.62. The standard InChI is InChI=1S/C14H21NO3/c1-5-13(14(16)18-4)15-10(2)11-6-8-12(17-3)9-7-11/h6-10,13,15H,5H2,1-4H3/t10-,13?/m0/s1. The first-order valence-electron chi connectivity index (χ1n) is 6.10. The summed E-state index contributed by atoms with van der Waals surface area (Å²) >= 11 is 0. The molecule has 1 rings (SSSR count). The molecule has 0 heterocycles. The largest absolute Gasteiger partial charge is 0.497 e. The van der Waals surface area contributed by atoms with Crippen molar-refractivity contribution in [3.63, 3.8) is 0 Å². The van der Waals surface area contributed by atoms with E-state index in [1.165, 1.54) is 7.11 Å². The van der Waals surface area contributed by atoms with Crippen molar-refractivity contribution < 1.29 is 14.3 Å². The van der Waals surface area contributed by atoms with Crippen LogP contribution in [0.15, 0.2) is 24.3 Å². The minimum absolute atomic E-state index is 0.0833. The summed E-state index contributed by atoms with van der Waals surface area (Å²) < 4.78 is 9.87. The van der Waals surface area contributed by atoms with Crippen LogP contribution in [0.1, 0.15) is 31.9 Å². The Bertz CT molecular complexity index is 375. The second kappa shape index (κ2) is 7.01. The molecular weight excluding hydrogens is 230 g/mol. The van der Waals surface area contributed by atoms with Crippen LogP contribution in [0.4, 0.5) is 0 Å². The van der Waals surface area contributed by atoms with Crippen LogP contribution in [0, 0.1) is 0 Å². The molecule has 0 spiro atoms. The van der Waals surface area contributed by atoms with E-state index in [1.54, 1.807) is 7.11 Å². The van der Waals surface area contributed by atoms with Crippen LogP contribution >= 0.6 is 0 Å². The van der Waals surface area contributed by atoms with Crippen molar-refractivity contribution >= 4 is 5.97 Å². The Hall–Kier alpha value is -1.55. The Morgan fingerprint density at radius 2 is 1.89 bits per heavy atom. The maximum Gasteiger partial charge on any atom is 0.322 e. The lowest BCUT2D eigenvalue weighted by Gasteiger charge is -2.20. The SMILES string of the molecule is CCC(N[C@@H](C)c1ccc(OC)cc1)C(=O)OC. The summed E-state index contributed by atoms with van der Waals surface area (Å²) in [7, 11) is 3.05. The molecule has 18 heavy (non-hydrogen) atoms. The van der Waals surface area contributed by atoms with Gasteiger partial charge in [-0.1, -0.05) is 19.1 Å². The van der Waals surface area contributed by atoms with Crippen LogP contribution in [0.2, 0.25) is 0 Å². The van der Waals surface area contributed by atoms with Crippen molar-refractivity contribution in [2.75, 3.05) is 14.2 Å². The Balaban J connectivity index is 2.68. The van der Waals surface area contributed by atoms with Gasteiger partial charge in [0.05, 0.1) is 14.2 Å². The Kier molecular flexibility index (Phi) is 5.65. The van der Waals surface area contributed by atoms with Gasteiger partial charge in [-0.05, 0) is 31.0 Å². The number of hydrogen-bond acceptors (Lipinski definition) is 4. The fourth-order valence-corrected chi connectivity index (χ4v) is 1.79. The Morgan fingerprint density at radius 1 is 1.28 bits per heavy atom. The quantitative estimate of drug-likeness (QED) is 0.788. The highest BCUT2D eigenvalue weighted by Crippen LogP contribution is 2.18. The van der Waals surface area contributed by atoms with E-state index < -0.39 is 0 Å². The fourth-order valence-electron chi connectivity index (χ4n) is 1.79. The van der Waals surface area contributed by atoms with Gasteiger partial charge in [0.2, 0.25) is 0 Å². The third-order valence-electron chi connectivity index (χ3n) is 2.96. The Labute approximate surface area is 108 Å². The van der Waals surface area contributed by atoms with E-state index in [1.807, 2.05) is 38.1 Å². The fraction of sp³-hybridized carbons (Fsp3) is 0.500. The third kappa shape index (κ3) is 3.74. The van der Waals surface area contributed by atoms with Crippen LogP contribution in [-0.4, -0.2) is 26.2 Å². The molecule has 1 aromatic carbocycles. The number of methoxy groups -OCH3 is 2. The summed E-state index contributed by atoms with van der Waals surface area (Å²) in [5, 5.41) is 3.26. The van der Waals surface area contributed by atoms with Gasteiger partial charge >= 0.3 is 5.97 Å².